The number of fused-ring (bicyclic) bond motifs is 1. The second kappa shape index (κ2) is 5.81. The fourth-order valence-electron chi connectivity index (χ4n) is 2.36. The minimum atomic E-state index is -0.133. The molecule has 0 unspecified atom stereocenters. The molecule has 0 spiro atoms. The molecule has 1 aliphatic rings. The van der Waals surface area contributed by atoms with Crippen molar-refractivity contribution in [3.05, 3.63) is 65.2 Å². The average Bonchev–Trinajstić information content (AvgIpc) is 2.53. The van der Waals surface area contributed by atoms with Gasteiger partial charge in [-0.15, -0.1) is 0 Å². The summed E-state index contributed by atoms with van der Waals surface area (Å²) in [6, 6.07) is 16.1. The van der Waals surface area contributed by atoms with Crippen LogP contribution in [0.15, 0.2) is 48.5 Å². The zero-order valence-corrected chi connectivity index (χ0v) is 11.4. The summed E-state index contributed by atoms with van der Waals surface area (Å²) in [7, 11) is 1.66. The lowest BCUT2D eigenvalue weighted by Gasteiger charge is -2.21. The monoisotopic (exact) mass is 264 g/mol. The fourth-order valence-corrected chi connectivity index (χ4v) is 2.36. The third-order valence-corrected chi connectivity index (χ3v) is 3.41. The van der Waals surface area contributed by atoms with Crippen LogP contribution in [0, 0.1) is 11.8 Å². The molecule has 2 nitrogen and oxygen atoms in total. The number of ether oxygens (including phenoxy) is 2. The third-order valence-electron chi connectivity index (χ3n) is 3.41. The van der Waals surface area contributed by atoms with Crippen molar-refractivity contribution < 1.29 is 9.47 Å². The number of benzene rings is 2. The van der Waals surface area contributed by atoms with Crippen LogP contribution < -0.4 is 4.74 Å². The summed E-state index contributed by atoms with van der Waals surface area (Å²) in [6.45, 7) is 0.731. The molecule has 0 amide bonds. The Balaban J connectivity index is 1.87. The second-order valence-corrected chi connectivity index (χ2v) is 4.70. The molecule has 0 aliphatic carbocycles. The van der Waals surface area contributed by atoms with Crippen LogP contribution in [-0.4, -0.2) is 13.7 Å². The second-order valence-electron chi connectivity index (χ2n) is 4.70. The summed E-state index contributed by atoms with van der Waals surface area (Å²) < 4.78 is 11.0. The van der Waals surface area contributed by atoms with Crippen LogP contribution in [0.3, 0.4) is 0 Å². The van der Waals surface area contributed by atoms with Crippen molar-refractivity contribution in [3.8, 4) is 17.6 Å². The molecule has 2 aromatic carbocycles. The highest BCUT2D eigenvalue weighted by Gasteiger charge is 2.17. The van der Waals surface area contributed by atoms with E-state index >= 15 is 0 Å². The zero-order valence-electron chi connectivity index (χ0n) is 11.4. The highest BCUT2D eigenvalue weighted by atomic mass is 16.5. The number of hydrogen-bond donors (Lipinski definition) is 0. The smallest absolute Gasteiger partial charge is 0.144 e. The molecule has 0 fully saturated rings. The third kappa shape index (κ3) is 2.68. The summed E-state index contributed by atoms with van der Waals surface area (Å²) in [5, 5.41) is 0. The van der Waals surface area contributed by atoms with E-state index in [-0.39, 0.29) is 6.10 Å². The molecule has 2 heteroatoms. The minimum absolute atomic E-state index is 0.133. The van der Waals surface area contributed by atoms with E-state index in [1.54, 1.807) is 7.11 Å². The Morgan fingerprint density at radius 1 is 1.15 bits per heavy atom. The maximum Gasteiger partial charge on any atom is 0.144 e. The van der Waals surface area contributed by atoms with E-state index in [1.165, 1.54) is 11.1 Å². The first kappa shape index (κ1) is 12.8. The van der Waals surface area contributed by atoms with Gasteiger partial charge in [0.25, 0.3) is 0 Å². The van der Waals surface area contributed by atoms with Crippen LogP contribution in [0.4, 0.5) is 0 Å². The Hall–Kier alpha value is -2.24. The highest BCUT2D eigenvalue weighted by molar-refractivity contribution is 5.43. The highest BCUT2D eigenvalue weighted by Crippen LogP contribution is 2.26. The van der Waals surface area contributed by atoms with Gasteiger partial charge in [-0.2, -0.15) is 0 Å². The van der Waals surface area contributed by atoms with Crippen molar-refractivity contribution in [2.75, 3.05) is 13.7 Å². The summed E-state index contributed by atoms with van der Waals surface area (Å²) in [5.74, 6) is 7.21. The first-order valence-corrected chi connectivity index (χ1v) is 6.72. The van der Waals surface area contributed by atoms with Crippen LogP contribution in [0.1, 0.15) is 22.8 Å². The first-order valence-electron chi connectivity index (χ1n) is 6.72. The predicted molar refractivity (Wildman–Crippen MR) is 78.7 cm³/mol. The van der Waals surface area contributed by atoms with E-state index < -0.39 is 0 Å². The van der Waals surface area contributed by atoms with Gasteiger partial charge in [0.2, 0.25) is 0 Å². The van der Waals surface area contributed by atoms with Gasteiger partial charge >= 0.3 is 0 Å². The van der Waals surface area contributed by atoms with Crippen LogP contribution in [0.25, 0.3) is 0 Å². The van der Waals surface area contributed by atoms with Crippen LogP contribution in [-0.2, 0) is 11.2 Å². The molecule has 1 aliphatic heterocycles. The van der Waals surface area contributed by atoms with Gasteiger partial charge < -0.3 is 9.47 Å². The number of rotatable bonds is 1. The molecule has 2 aromatic rings. The Morgan fingerprint density at radius 2 is 2.05 bits per heavy atom. The van der Waals surface area contributed by atoms with Crippen molar-refractivity contribution in [3.63, 3.8) is 0 Å². The van der Waals surface area contributed by atoms with Gasteiger partial charge in [-0.25, -0.2) is 0 Å². The van der Waals surface area contributed by atoms with E-state index in [4.69, 9.17) is 9.47 Å². The van der Waals surface area contributed by atoms with Gasteiger partial charge in [-0.1, -0.05) is 42.2 Å². The lowest BCUT2D eigenvalue weighted by molar-refractivity contribution is 0.0814. The molecule has 20 heavy (non-hydrogen) atoms. The van der Waals surface area contributed by atoms with Gasteiger partial charge in [-0.05, 0) is 35.7 Å². The lowest BCUT2D eigenvalue weighted by Crippen LogP contribution is -2.14. The Kier molecular flexibility index (Phi) is 3.71. The number of methoxy groups -OCH3 is 1. The quantitative estimate of drug-likeness (QED) is 0.735. The van der Waals surface area contributed by atoms with Crippen molar-refractivity contribution in [1.82, 2.24) is 0 Å². The molecular weight excluding hydrogens is 248 g/mol. The molecule has 0 radical (unpaired) electrons. The summed E-state index contributed by atoms with van der Waals surface area (Å²) in [4.78, 5) is 0. The van der Waals surface area contributed by atoms with Crippen molar-refractivity contribution >= 4 is 0 Å². The first-order chi connectivity index (χ1) is 9.86. The minimum Gasteiger partial charge on any atom is -0.497 e. The maximum absolute atomic E-state index is 5.78. The Labute approximate surface area is 119 Å². The van der Waals surface area contributed by atoms with Gasteiger partial charge in [-0.3, -0.25) is 0 Å². The molecule has 0 N–H and O–H groups in total. The van der Waals surface area contributed by atoms with Gasteiger partial charge in [0.05, 0.1) is 13.7 Å². The van der Waals surface area contributed by atoms with Crippen LogP contribution in [0.5, 0.6) is 5.75 Å². The van der Waals surface area contributed by atoms with E-state index in [0.29, 0.717) is 0 Å². The van der Waals surface area contributed by atoms with Crippen LogP contribution in [0.2, 0.25) is 0 Å². The molecule has 0 aromatic heterocycles. The Morgan fingerprint density at radius 3 is 2.95 bits per heavy atom. The summed E-state index contributed by atoms with van der Waals surface area (Å²) >= 11 is 0. The van der Waals surface area contributed by atoms with Gasteiger partial charge in [0.15, 0.2) is 0 Å². The lowest BCUT2D eigenvalue weighted by atomic mass is 9.98. The summed E-state index contributed by atoms with van der Waals surface area (Å²) in [5.41, 5.74) is 3.47. The standard InChI is InChI=1S/C18H16O2/c1-19-16-7-4-5-14(13-16)9-10-18-17-8-3-2-6-15(17)11-12-20-18/h2-8,13,18H,11-12H2,1H3/t18-/m0/s1. The van der Waals surface area contributed by atoms with E-state index in [1.807, 2.05) is 30.3 Å². The predicted octanol–water partition coefficient (Wildman–Crippen LogP) is 3.36. The molecule has 0 saturated carbocycles. The molecule has 100 valence electrons. The Bertz CT molecular complexity index is 664. The molecule has 1 atom stereocenters. The van der Waals surface area contributed by atoms with E-state index in [0.717, 1.165) is 24.3 Å². The average molecular weight is 264 g/mol. The molecule has 0 bridgehead atoms. The van der Waals surface area contributed by atoms with Crippen molar-refractivity contribution in [2.24, 2.45) is 0 Å². The summed E-state index contributed by atoms with van der Waals surface area (Å²) in [6.07, 6.45) is 0.833. The topological polar surface area (TPSA) is 18.5 Å². The van der Waals surface area contributed by atoms with Crippen LogP contribution >= 0.6 is 0 Å². The maximum atomic E-state index is 5.78. The largest absolute Gasteiger partial charge is 0.497 e. The molecule has 0 saturated heterocycles. The van der Waals surface area contributed by atoms with Crippen molar-refractivity contribution in [2.45, 2.75) is 12.5 Å². The normalized spacial score (nSPS) is 16.8. The number of hydrogen-bond acceptors (Lipinski definition) is 2. The zero-order chi connectivity index (χ0) is 13.8. The van der Waals surface area contributed by atoms with Gasteiger partial charge in [0, 0.05) is 5.56 Å². The SMILES string of the molecule is COc1cccc(C#C[C@@H]2OCCc3ccccc32)c1. The molecule has 3 rings (SSSR count). The van der Waals surface area contributed by atoms with E-state index in [2.05, 4.69) is 30.0 Å². The molecular formula is C18H16O2. The fraction of sp³-hybridized carbons (Fsp3) is 0.222. The molecule has 1 heterocycles. The van der Waals surface area contributed by atoms with Gasteiger partial charge in [0.1, 0.15) is 11.9 Å². The van der Waals surface area contributed by atoms with E-state index in [9.17, 15) is 0 Å². The van der Waals surface area contributed by atoms with Crippen molar-refractivity contribution in [1.29, 1.82) is 0 Å².